The second-order valence-corrected chi connectivity index (χ2v) is 6.57. The third-order valence-corrected chi connectivity index (χ3v) is 4.10. The van der Waals surface area contributed by atoms with Crippen LogP contribution in [0, 0.1) is 0 Å². The van der Waals surface area contributed by atoms with Gasteiger partial charge in [-0.25, -0.2) is 4.39 Å². The van der Waals surface area contributed by atoms with Gasteiger partial charge in [-0.1, -0.05) is 26.2 Å². The topological polar surface area (TPSA) is 26.3 Å². The fourth-order valence-electron chi connectivity index (χ4n) is 1.75. The molecule has 0 bridgehead atoms. The Morgan fingerprint density at radius 2 is 1.84 bits per heavy atom. The zero-order valence-corrected chi connectivity index (χ0v) is 13.6. The molecule has 2 atom stereocenters. The van der Waals surface area contributed by atoms with E-state index in [1.54, 1.807) is 18.7 Å². The van der Waals surface area contributed by atoms with Crippen molar-refractivity contribution in [1.82, 2.24) is 0 Å². The number of alkyl halides is 1. The summed E-state index contributed by atoms with van der Waals surface area (Å²) in [5.41, 5.74) is 0. The van der Waals surface area contributed by atoms with Crippen LogP contribution in [0.4, 0.5) is 4.39 Å². The van der Waals surface area contributed by atoms with Crippen LogP contribution in [0.15, 0.2) is 0 Å². The van der Waals surface area contributed by atoms with Crippen LogP contribution in [0.3, 0.4) is 0 Å². The number of hydrogen-bond donors (Lipinski definition) is 0. The quantitative estimate of drug-likeness (QED) is 0.406. The maximum Gasteiger partial charge on any atom is 0.319 e. The summed E-state index contributed by atoms with van der Waals surface area (Å²) in [6, 6.07) is 0. The minimum Gasteiger partial charge on any atom is -0.462 e. The first-order valence-electron chi connectivity index (χ1n) is 7.43. The summed E-state index contributed by atoms with van der Waals surface area (Å²) >= 11 is 1.62. The van der Waals surface area contributed by atoms with Crippen LogP contribution in [-0.4, -0.2) is 29.2 Å². The highest BCUT2D eigenvalue weighted by Crippen LogP contribution is 2.22. The van der Waals surface area contributed by atoms with E-state index in [2.05, 4.69) is 6.92 Å². The number of thioether (sulfide) groups is 1. The van der Waals surface area contributed by atoms with Crippen LogP contribution in [-0.2, 0) is 9.53 Å². The number of carbonyl (C=O) groups is 1. The molecule has 0 aliphatic carbocycles. The smallest absolute Gasteiger partial charge is 0.319 e. The molecular formula is C15H29FO2S. The normalized spacial score (nSPS) is 14.4. The minimum absolute atomic E-state index is 0.0624. The van der Waals surface area contributed by atoms with Crippen molar-refractivity contribution in [1.29, 1.82) is 0 Å². The summed E-state index contributed by atoms with van der Waals surface area (Å²) in [4.78, 5) is 12.0. The maximum atomic E-state index is 12.7. The zero-order valence-electron chi connectivity index (χ0n) is 12.8. The number of ether oxygens (including phenoxy) is 1. The van der Waals surface area contributed by atoms with E-state index < -0.39 is 6.17 Å². The third-order valence-electron chi connectivity index (χ3n) is 2.75. The Bertz CT molecular complexity index is 232. The van der Waals surface area contributed by atoms with Gasteiger partial charge in [-0.05, 0) is 45.8 Å². The van der Waals surface area contributed by atoms with Crippen LogP contribution in [0.25, 0.3) is 0 Å². The van der Waals surface area contributed by atoms with Gasteiger partial charge in [0.25, 0.3) is 0 Å². The van der Waals surface area contributed by atoms with Gasteiger partial charge in [-0.2, -0.15) is 0 Å². The molecule has 0 rings (SSSR count). The van der Waals surface area contributed by atoms with Gasteiger partial charge >= 0.3 is 5.97 Å². The lowest BCUT2D eigenvalue weighted by Crippen LogP contribution is -2.24. The lowest BCUT2D eigenvalue weighted by Gasteiger charge is -2.17. The van der Waals surface area contributed by atoms with Gasteiger partial charge in [0, 0.05) is 0 Å². The van der Waals surface area contributed by atoms with Crippen molar-refractivity contribution in [2.45, 2.75) is 83.7 Å². The molecule has 114 valence electrons. The Morgan fingerprint density at radius 3 is 2.37 bits per heavy atom. The van der Waals surface area contributed by atoms with E-state index >= 15 is 0 Å². The SMILES string of the molecule is CCCCCC(SCCCC(C)F)C(=O)OC(C)C. The molecule has 0 fully saturated rings. The highest BCUT2D eigenvalue weighted by molar-refractivity contribution is 8.00. The summed E-state index contributed by atoms with van der Waals surface area (Å²) in [6.45, 7) is 7.47. The molecule has 0 heterocycles. The van der Waals surface area contributed by atoms with Crippen molar-refractivity contribution in [3.63, 3.8) is 0 Å². The molecule has 0 aromatic heterocycles. The average Bonchev–Trinajstić information content (AvgIpc) is 2.31. The first-order valence-corrected chi connectivity index (χ1v) is 8.48. The zero-order chi connectivity index (χ0) is 14.7. The molecule has 4 heteroatoms. The molecule has 0 aromatic carbocycles. The van der Waals surface area contributed by atoms with Gasteiger partial charge in [-0.3, -0.25) is 4.79 Å². The van der Waals surface area contributed by atoms with Crippen LogP contribution in [0.5, 0.6) is 0 Å². The second kappa shape index (κ2) is 11.6. The second-order valence-electron chi connectivity index (χ2n) is 5.26. The Kier molecular flexibility index (Phi) is 11.4. The number of carbonyl (C=O) groups excluding carboxylic acids is 1. The molecule has 0 amide bonds. The number of hydrogen-bond acceptors (Lipinski definition) is 3. The molecule has 0 saturated heterocycles. The highest BCUT2D eigenvalue weighted by Gasteiger charge is 2.20. The average molecular weight is 292 g/mol. The standard InChI is InChI=1S/C15H29FO2S/c1-5-6-7-10-14(15(17)18-12(2)3)19-11-8-9-13(4)16/h12-14H,5-11H2,1-4H3. The number of unbranched alkanes of at least 4 members (excludes halogenated alkanes) is 2. The van der Waals surface area contributed by atoms with Crippen molar-refractivity contribution in [3.05, 3.63) is 0 Å². The van der Waals surface area contributed by atoms with E-state index in [1.807, 2.05) is 13.8 Å². The summed E-state index contributed by atoms with van der Waals surface area (Å²) in [5.74, 6) is 0.725. The maximum absolute atomic E-state index is 12.7. The molecule has 0 aromatic rings. The number of halogens is 1. The fraction of sp³-hybridized carbons (Fsp3) is 0.933. The summed E-state index contributed by atoms with van der Waals surface area (Å²) < 4.78 is 18.0. The van der Waals surface area contributed by atoms with E-state index in [1.165, 1.54) is 0 Å². The molecule has 0 spiro atoms. The lowest BCUT2D eigenvalue weighted by atomic mass is 10.1. The largest absolute Gasteiger partial charge is 0.462 e. The van der Waals surface area contributed by atoms with Crippen molar-refractivity contribution < 1.29 is 13.9 Å². The Hall–Kier alpha value is -0.250. The summed E-state index contributed by atoms with van der Waals surface area (Å²) in [5, 5.41) is -0.0798. The molecule has 2 nitrogen and oxygen atoms in total. The molecular weight excluding hydrogens is 263 g/mol. The van der Waals surface area contributed by atoms with E-state index in [4.69, 9.17) is 4.74 Å². The monoisotopic (exact) mass is 292 g/mol. The predicted molar refractivity (Wildman–Crippen MR) is 81.4 cm³/mol. The van der Waals surface area contributed by atoms with E-state index in [0.29, 0.717) is 6.42 Å². The van der Waals surface area contributed by atoms with Gasteiger partial charge in [0.2, 0.25) is 0 Å². The number of esters is 1. The van der Waals surface area contributed by atoms with Crippen molar-refractivity contribution >= 4 is 17.7 Å². The van der Waals surface area contributed by atoms with Crippen molar-refractivity contribution in [3.8, 4) is 0 Å². The minimum atomic E-state index is -0.748. The first-order chi connectivity index (χ1) is 8.97. The Balaban J connectivity index is 4.05. The Labute approximate surface area is 121 Å². The Morgan fingerprint density at radius 1 is 1.16 bits per heavy atom. The molecule has 2 unspecified atom stereocenters. The van der Waals surface area contributed by atoms with Crippen LogP contribution >= 0.6 is 11.8 Å². The highest BCUT2D eigenvalue weighted by atomic mass is 32.2. The lowest BCUT2D eigenvalue weighted by molar-refractivity contribution is -0.146. The van der Waals surface area contributed by atoms with Crippen LogP contribution < -0.4 is 0 Å². The van der Waals surface area contributed by atoms with E-state index in [0.717, 1.165) is 37.9 Å². The molecule has 0 saturated carbocycles. The summed E-state index contributed by atoms with van der Waals surface area (Å²) in [6.07, 6.45) is 4.81. The van der Waals surface area contributed by atoms with Gasteiger partial charge < -0.3 is 4.74 Å². The van der Waals surface area contributed by atoms with Gasteiger partial charge in [0.1, 0.15) is 5.25 Å². The van der Waals surface area contributed by atoms with Crippen LogP contribution in [0.1, 0.15) is 66.2 Å². The molecule has 19 heavy (non-hydrogen) atoms. The third kappa shape index (κ3) is 11.3. The molecule has 0 aliphatic rings. The van der Waals surface area contributed by atoms with E-state index in [-0.39, 0.29) is 17.3 Å². The molecule has 0 radical (unpaired) electrons. The van der Waals surface area contributed by atoms with Crippen molar-refractivity contribution in [2.75, 3.05) is 5.75 Å². The fourth-order valence-corrected chi connectivity index (χ4v) is 2.89. The predicted octanol–water partition coefficient (Wildman–Crippen LogP) is 4.76. The first kappa shape index (κ1) is 18.8. The number of rotatable bonds is 11. The van der Waals surface area contributed by atoms with Crippen molar-refractivity contribution in [2.24, 2.45) is 0 Å². The molecule has 0 N–H and O–H groups in total. The van der Waals surface area contributed by atoms with Gasteiger partial charge in [-0.15, -0.1) is 11.8 Å². The molecule has 0 aliphatic heterocycles. The van der Waals surface area contributed by atoms with Crippen LogP contribution in [0.2, 0.25) is 0 Å². The summed E-state index contributed by atoms with van der Waals surface area (Å²) in [7, 11) is 0. The van der Waals surface area contributed by atoms with Gasteiger partial charge in [0.05, 0.1) is 12.3 Å². The van der Waals surface area contributed by atoms with E-state index in [9.17, 15) is 9.18 Å². The van der Waals surface area contributed by atoms with Gasteiger partial charge in [0.15, 0.2) is 0 Å².